The van der Waals surface area contributed by atoms with Gasteiger partial charge in [-0.1, -0.05) is 12.8 Å². The smallest absolute Gasteiger partial charge is 0.236 e. The van der Waals surface area contributed by atoms with Crippen molar-refractivity contribution in [3.63, 3.8) is 0 Å². The predicted molar refractivity (Wildman–Crippen MR) is 161 cm³/mol. The fourth-order valence-corrected chi connectivity index (χ4v) is 12.4. The van der Waals surface area contributed by atoms with E-state index < -0.39 is 0 Å². The van der Waals surface area contributed by atoms with Gasteiger partial charge in [0.15, 0.2) is 5.78 Å². The Morgan fingerprint density at radius 1 is 1.08 bits per heavy atom. The summed E-state index contributed by atoms with van der Waals surface area (Å²) in [4.78, 5) is 27.7. The van der Waals surface area contributed by atoms with Crippen molar-refractivity contribution >= 4 is 47.0 Å². The highest BCUT2D eigenvalue weighted by atomic mass is 32.2. The van der Waals surface area contributed by atoms with Crippen molar-refractivity contribution in [1.29, 1.82) is 0 Å². The molecule has 5 fully saturated rings. The summed E-state index contributed by atoms with van der Waals surface area (Å²) < 4.78 is 5.53. The molecule has 0 spiro atoms. The Morgan fingerprint density at radius 2 is 1.90 bits per heavy atom. The number of hydrogen-bond donors (Lipinski definition) is 5. The molecule has 0 radical (unpaired) electrons. The minimum absolute atomic E-state index is 0.00277. The first-order chi connectivity index (χ1) is 19.0. The van der Waals surface area contributed by atoms with Crippen molar-refractivity contribution in [2.75, 3.05) is 44.4 Å². The fraction of sp³-hybridized carbons (Fsp3) is 0.852. The van der Waals surface area contributed by atoms with Crippen LogP contribution in [-0.4, -0.2) is 107 Å². The molecular formula is C27H44N6O3S3. The van der Waals surface area contributed by atoms with Gasteiger partial charge in [-0.25, -0.2) is 0 Å². The van der Waals surface area contributed by atoms with E-state index >= 15 is 0 Å². The first-order valence-corrected chi connectivity index (χ1v) is 17.7. The molecule has 12 heteroatoms. The van der Waals surface area contributed by atoms with Gasteiger partial charge in [0.1, 0.15) is 6.04 Å². The number of piperidine rings is 1. The molecule has 8 unspecified atom stereocenters. The van der Waals surface area contributed by atoms with E-state index in [1.807, 2.05) is 41.4 Å². The lowest BCUT2D eigenvalue weighted by molar-refractivity contribution is -0.121. The van der Waals surface area contributed by atoms with Crippen molar-refractivity contribution in [1.82, 2.24) is 20.9 Å². The zero-order valence-electron chi connectivity index (χ0n) is 22.6. The van der Waals surface area contributed by atoms with Crippen LogP contribution >= 0.6 is 35.3 Å². The van der Waals surface area contributed by atoms with Gasteiger partial charge in [0.2, 0.25) is 5.91 Å². The summed E-state index contributed by atoms with van der Waals surface area (Å²) in [6, 6.07) is 0.471. The van der Waals surface area contributed by atoms with E-state index in [2.05, 4.69) is 20.9 Å². The number of hydrogen-bond acceptors (Lipinski definition) is 11. The second kappa shape index (κ2) is 12.8. The monoisotopic (exact) mass is 596 g/mol. The van der Waals surface area contributed by atoms with Gasteiger partial charge in [-0.05, 0) is 49.0 Å². The summed E-state index contributed by atoms with van der Waals surface area (Å²) >= 11 is 5.77. The normalized spacial score (nSPS) is 43.3. The van der Waals surface area contributed by atoms with Crippen LogP contribution in [0, 0.1) is 11.8 Å². The molecule has 1 amide bonds. The largest absolute Gasteiger partial charge is 0.378 e. The van der Waals surface area contributed by atoms with E-state index in [4.69, 9.17) is 16.2 Å². The molecule has 0 bridgehead atoms. The van der Waals surface area contributed by atoms with E-state index in [0.29, 0.717) is 34.3 Å². The van der Waals surface area contributed by atoms with E-state index in [0.717, 1.165) is 75.1 Å². The second-order valence-corrected chi connectivity index (χ2v) is 15.6. The topological polar surface area (TPSA) is 135 Å². The maximum Gasteiger partial charge on any atom is 0.236 e. The molecule has 0 aromatic rings. The number of carbonyl (C=O) groups is 2. The molecule has 5 aliphatic heterocycles. The van der Waals surface area contributed by atoms with Crippen molar-refractivity contribution in [3.05, 3.63) is 11.1 Å². The number of morpholine rings is 1. The third kappa shape index (κ3) is 6.48. The lowest BCUT2D eigenvalue weighted by Gasteiger charge is -2.41. The number of primary amides is 1. The van der Waals surface area contributed by atoms with Crippen LogP contribution in [0.1, 0.15) is 38.5 Å². The van der Waals surface area contributed by atoms with Crippen LogP contribution < -0.4 is 27.4 Å². The minimum Gasteiger partial charge on any atom is -0.378 e. The first-order valence-electron chi connectivity index (χ1n) is 14.7. The van der Waals surface area contributed by atoms with Crippen molar-refractivity contribution < 1.29 is 14.3 Å². The van der Waals surface area contributed by atoms with Crippen molar-refractivity contribution in [2.24, 2.45) is 23.3 Å². The molecule has 5 heterocycles. The molecule has 0 aromatic heterocycles. The fourth-order valence-electron chi connectivity index (χ4n) is 7.25. The Bertz CT molecular complexity index is 936. The highest BCUT2D eigenvalue weighted by molar-refractivity contribution is 8.07. The summed E-state index contributed by atoms with van der Waals surface area (Å²) in [6.07, 6.45) is 8.48. The van der Waals surface area contributed by atoms with Gasteiger partial charge >= 0.3 is 0 Å². The summed E-state index contributed by atoms with van der Waals surface area (Å²) in [5.41, 5.74) is 12.2. The third-order valence-electron chi connectivity index (χ3n) is 9.45. The lowest BCUT2D eigenvalue weighted by atomic mass is 9.87. The SMILES string of the molecule is NC(=O)C1NCC(N[C@H]2CCCC[C@H]2N)CC1NC1CC(C2CSC3C(=O)C=C(N4CCOCC4)SC32)CS1. The number of thioether (sulfide) groups is 3. The number of ether oxygens (including phenoxy) is 1. The van der Waals surface area contributed by atoms with Gasteiger partial charge in [-0.2, -0.15) is 0 Å². The van der Waals surface area contributed by atoms with Crippen molar-refractivity contribution in [2.45, 2.75) is 84.6 Å². The highest BCUT2D eigenvalue weighted by Crippen LogP contribution is 2.52. The number of nitrogens with zero attached hydrogens (tertiary/aromatic N) is 1. The molecule has 7 N–H and O–H groups in total. The van der Waals surface area contributed by atoms with Crippen LogP contribution in [0.2, 0.25) is 0 Å². The Balaban J connectivity index is 1.06. The van der Waals surface area contributed by atoms with Gasteiger partial charge in [0, 0.05) is 55.1 Å². The van der Waals surface area contributed by atoms with Gasteiger partial charge in [0.05, 0.1) is 28.9 Å². The molecule has 0 aromatic carbocycles. The Morgan fingerprint density at radius 3 is 2.69 bits per heavy atom. The standard InChI is InChI=1S/C27H44N6O3S3/c28-18-3-1-2-4-19(18)31-16-10-20(24(27(29)35)30-12-16)32-22-9-15(13-37-22)17-14-38-26-21(34)11-23(39-25(17)26)33-5-7-36-8-6-33/h11,15-20,22,24-26,30-32H,1-10,12-14,28H2,(H2,29,35)/t15?,16?,17?,18-,19+,20?,22?,24?,25?,26?/m1/s1. The summed E-state index contributed by atoms with van der Waals surface area (Å²) in [6.45, 7) is 3.94. The summed E-state index contributed by atoms with van der Waals surface area (Å²) in [5.74, 6) is 3.25. The number of rotatable bonds is 7. The molecule has 6 aliphatic rings. The molecule has 218 valence electrons. The van der Waals surface area contributed by atoms with Gasteiger partial charge in [-0.3, -0.25) is 9.59 Å². The van der Waals surface area contributed by atoms with Gasteiger partial charge in [0.25, 0.3) is 0 Å². The molecule has 1 saturated carbocycles. The maximum atomic E-state index is 13.1. The molecule has 9 nitrogen and oxygen atoms in total. The number of nitrogens with one attached hydrogen (secondary N) is 3. The maximum absolute atomic E-state index is 13.1. The van der Waals surface area contributed by atoms with Gasteiger partial charge < -0.3 is 37.1 Å². The summed E-state index contributed by atoms with van der Waals surface area (Å²) in [7, 11) is 0. The van der Waals surface area contributed by atoms with E-state index in [1.165, 1.54) is 12.8 Å². The van der Waals surface area contributed by atoms with Crippen LogP contribution in [0.5, 0.6) is 0 Å². The molecular weight excluding hydrogens is 553 g/mol. The third-order valence-corrected chi connectivity index (χ3v) is 13.9. The number of nitrogens with two attached hydrogens (primary N) is 2. The highest BCUT2D eigenvalue weighted by Gasteiger charge is 2.49. The zero-order valence-corrected chi connectivity index (χ0v) is 25.0. The summed E-state index contributed by atoms with van der Waals surface area (Å²) in [5, 5.41) is 12.9. The van der Waals surface area contributed by atoms with Crippen LogP contribution in [0.4, 0.5) is 0 Å². The average Bonchev–Trinajstić information content (AvgIpc) is 3.58. The van der Waals surface area contributed by atoms with Crippen LogP contribution in [0.15, 0.2) is 11.1 Å². The molecule has 10 atom stereocenters. The number of amides is 1. The van der Waals surface area contributed by atoms with Crippen LogP contribution in [-0.2, 0) is 14.3 Å². The van der Waals surface area contributed by atoms with Crippen molar-refractivity contribution in [3.8, 4) is 0 Å². The first kappa shape index (κ1) is 28.6. The number of carbonyl (C=O) groups excluding carboxylic acids is 2. The predicted octanol–water partition coefficient (Wildman–Crippen LogP) is 0.689. The quantitative estimate of drug-likeness (QED) is 0.284. The molecule has 39 heavy (non-hydrogen) atoms. The molecule has 4 saturated heterocycles. The minimum atomic E-state index is -0.359. The van der Waals surface area contributed by atoms with E-state index in [-0.39, 0.29) is 35.3 Å². The van der Waals surface area contributed by atoms with E-state index in [9.17, 15) is 9.59 Å². The lowest BCUT2D eigenvalue weighted by Crippen LogP contribution is -2.66. The second-order valence-electron chi connectivity index (χ2n) is 12.0. The van der Waals surface area contributed by atoms with E-state index in [1.54, 1.807) is 0 Å². The Kier molecular flexibility index (Phi) is 9.41. The van der Waals surface area contributed by atoms with Crippen LogP contribution in [0.25, 0.3) is 0 Å². The Labute approximate surface area is 244 Å². The van der Waals surface area contributed by atoms with Crippen LogP contribution in [0.3, 0.4) is 0 Å². The number of ketones is 1. The molecule has 1 aliphatic carbocycles. The van der Waals surface area contributed by atoms with Gasteiger partial charge in [-0.15, -0.1) is 35.3 Å². The Hall–Kier alpha value is -0.470. The molecule has 6 rings (SSSR count). The number of fused-ring (bicyclic) bond motifs is 1. The zero-order chi connectivity index (χ0) is 26.9. The average molecular weight is 597 g/mol. The number of allylic oxidation sites excluding steroid dienone is 1.